The number of hydrogen-bond donors (Lipinski definition) is 0. The smallest absolute Gasteiger partial charge is 1.00 e. The first-order valence-corrected chi connectivity index (χ1v) is 5.73. The molecular weight excluding hydrogens is 344 g/mol. The Morgan fingerprint density at radius 1 is 1.16 bits per heavy atom. The monoisotopic (exact) mass is 360 g/mol. The second-order valence-electron chi connectivity index (χ2n) is 4.01. The van der Waals surface area contributed by atoms with Gasteiger partial charge in [-0.05, 0) is 0 Å². The van der Waals surface area contributed by atoms with Crippen LogP contribution in [0.2, 0.25) is 0 Å². The molecule has 0 aliphatic heterocycles. The van der Waals surface area contributed by atoms with E-state index in [1.165, 1.54) is 5.56 Å². The Kier molecular flexibility index (Phi) is 9.23. The van der Waals surface area contributed by atoms with Gasteiger partial charge in [0.2, 0.25) is 6.33 Å². The second kappa shape index (κ2) is 9.79. The van der Waals surface area contributed by atoms with Gasteiger partial charge in [-0.15, -0.1) is 5.56 Å². The summed E-state index contributed by atoms with van der Waals surface area (Å²) in [5, 5.41) is 0. The summed E-state index contributed by atoms with van der Waals surface area (Å²) in [4.78, 5) is 0. The minimum absolute atomic E-state index is 0. The Morgan fingerprint density at radius 2 is 1.89 bits per heavy atom. The average molecular weight is 361 g/mol. The molecule has 2 aromatic carbocycles. The fourth-order valence-corrected chi connectivity index (χ4v) is 1.65. The predicted molar refractivity (Wildman–Crippen MR) is 68.8 cm³/mol. The summed E-state index contributed by atoms with van der Waals surface area (Å²) in [5.41, 5.74) is 1.35. The molecule has 0 fully saturated rings. The van der Waals surface area contributed by atoms with Gasteiger partial charge in [0, 0.05) is 0 Å². The number of hydrogen-bond acceptors (Lipinski definition) is 0. The molecule has 4 heteroatoms. The number of halogens is 1. The van der Waals surface area contributed by atoms with Crippen LogP contribution < -0.4 is 21.5 Å². The van der Waals surface area contributed by atoms with Crippen molar-refractivity contribution in [1.82, 2.24) is 4.57 Å². The second-order valence-corrected chi connectivity index (χ2v) is 4.01. The zero-order valence-electron chi connectivity index (χ0n) is 10.8. The molecule has 0 spiro atoms. The Bertz CT molecular complexity index is 495. The fourth-order valence-electron chi connectivity index (χ4n) is 1.65. The average Bonchev–Trinajstić information content (AvgIpc) is 3.02. The summed E-state index contributed by atoms with van der Waals surface area (Å²) >= 11 is 0. The molecule has 0 aliphatic rings. The van der Waals surface area contributed by atoms with Gasteiger partial charge in [-0.1, -0.05) is 0 Å². The molecule has 3 rings (SSSR count). The third-order valence-electron chi connectivity index (χ3n) is 2.48. The Hall–Kier alpha value is -1.09. The molecule has 0 radical (unpaired) electrons. The van der Waals surface area contributed by atoms with Crippen molar-refractivity contribution < 1.29 is 38.6 Å². The van der Waals surface area contributed by atoms with Crippen LogP contribution in [0.5, 0.6) is 0 Å². The quantitative estimate of drug-likeness (QED) is 0.330. The maximum Gasteiger partial charge on any atom is 2.00 e. The summed E-state index contributed by atoms with van der Waals surface area (Å²) in [5.74, 6) is 0. The van der Waals surface area contributed by atoms with E-state index in [2.05, 4.69) is 41.4 Å². The van der Waals surface area contributed by atoms with E-state index in [1.807, 2.05) is 48.1 Å². The van der Waals surface area contributed by atoms with E-state index < -0.39 is 0 Å². The molecule has 2 nitrogen and oxygen atoms in total. The molecule has 1 aromatic heterocycles. The summed E-state index contributed by atoms with van der Waals surface area (Å²) in [6, 6.07) is 18.4. The van der Waals surface area contributed by atoms with Crippen LogP contribution in [0.4, 0.5) is 0 Å². The van der Waals surface area contributed by atoms with Gasteiger partial charge in [-0.2, -0.15) is 30.3 Å². The zero-order chi connectivity index (χ0) is 11.9. The van der Waals surface area contributed by atoms with E-state index in [9.17, 15) is 0 Å². The summed E-state index contributed by atoms with van der Waals surface area (Å²) in [6.07, 6.45) is 6.20. The molecule has 0 unspecified atom stereocenters. The number of aryl methyl sites for hydroxylation is 1. The van der Waals surface area contributed by atoms with Crippen LogP contribution in [0.3, 0.4) is 0 Å². The van der Waals surface area contributed by atoms with Crippen LogP contribution in [-0.2, 0) is 30.7 Å². The van der Waals surface area contributed by atoms with Crippen molar-refractivity contribution >= 4 is 0 Å². The topological polar surface area (TPSA) is 8.81 Å². The number of aromatic nitrogens is 2. The first-order chi connectivity index (χ1) is 8.34. The molecule has 0 N–H and O–H groups in total. The van der Waals surface area contributed by atoms with Gasteiger partial charge in [0.25, 0.3) is 0 Å². The van der Waals surface area contributed by atoms with E-state index in [4.69, 9.17) is 0 Å². The molecule has 0 aliphatic carbocycles. The van der Waals surface area contributed by atoms with Crippen LogP contribution in [0.15, 0.2) is 73.3 Å². The Morgan fingerprint density at radius 3 is 2.32 bits per heavy atom. The minimum Gasteiger partial charge on any atom is -1.00 e. The van der Waals surface area contributed by atoms with Gasteiger partial charge < -0.3 is 17.0 Å². The van der Waals surface area contributed by atoms with Crippen LogP contribution in [0.25, 0.3) is 0 Å². The van der Waals surface area contributed by atoms with Gasteiger partial charge in [-0.25, -0.2) is 33.4 Å². The molecule has 1 heterocycles. The molecule has 0 amide bonds. The SMILES string of the molecule is C[n+]1ccn(Cc2ccc[cH-]2)c1.[Br-].[Fe+2].c1cc[cH-]c1. The van der Waals surface area contributed by atoms with E-state index in [1.54, 1.807) is 0 Å². The van der Waals surface area contributed by atoms with E-state index in [-0.39, 0.29) is 34.1 Å². The first-order valence-electron chi connectivity index (χ1n) is 5.73. The maximum atomic E-state index is 2.16. The minimum atomic E-state index is 0. The van der Waals surface area contributed by atoms with Crippen molar-refractivity contribution in [2.75, 3.05) is 0 Å². The molecule has 0 saturated carbocycles. The van der Waals surface area contributed by atoms with E-state index >= 15 is 0 Å². The van der Waals surface area contributed by atoms with Crippen LogP contribution >= 0.6 is 0 Å². The van der Waals surface area contributed by atoms with Crippen molar-refractivity contribution in [2.24, 2.45) is 7.05 Å². The zero-order valence-corrected chi connectivity index (χ0v) is 13.5. The van der Waals surface area contributed by atoms with Crippen molar-refractivity contribution in [3.63, 3.8) is 0 Å². The molecule has 0 bridgehead atoms. The fraction of sp³-hybridized carbons (Fsp3) is 0.133. The maximum absolute atomic E-state index is 2.16. The molecule has 3 aromatic rings. The van der Waals surface area contributed by atoms with Gasteiger partial charge in [0.05, 0.1) is 13.6 Å². The van der Waals surface area contributed by atoms with Gasteiger partial charge >= 0.3 is 17.1 Å². The molecular formula is C15H17BrFeN2. The van der Waals surface area contributed by atoms with Gasteiger partial charge in [0.15, 0.2) is 0 Å². The van der Waals surface area contributed by atoms with Crippen molar-refractivity contribution in [2.45, 2.75) is 6.54 Å². The molecule has 19 heavy (non-hydrogen) atoms. The first kappa shape index (κ1) is 17.9. The van der Waals surface area contributed by atoms with Crippen molar-refractivity contribution in [3.8, 4) is 0 Å². The third-order valence-corrected chi connectivity index (χ3v) is 2.48. The number of rotatable bonds is 2. The summed E-state index contributed by atoms with van der Waals surface area (Å²) in [7, 11) is 2.03. The molecule has 0 saturated heterocycles. The largest absolute Gasteiger partial charge is 2.00 e. The van der Waals surface area contributed by atoms with E-state index in [0.717, 1.165) is 6.54 Å². The number of nitrogens with zero attached hydrogens (tertiary/aromatic N) is 2. The van der Waals surface area contributed by atoms with Crippen molar-refractivity contribution in [1.29, 1.82) is 0 Å². The molecule has 102 valence electrons. The number of imidazole rings is 1. The normalized spacial score (nSPS) is 8.68. The Balaban J connectivity index is 0.000000399. The van der Waals surface area contributed by atoms with Crippen LogP contribution in [-0.4, -0.2) is 4.57 Å². The van der Waals surface area contributed by atoms with E-state index in [0.29, 0.717) is 0 Å². The van der Waals surface area contributed by atoms with Crippen LogP contribution in [0, 0.1) is 0 Å². The summed E-state index contributed by atoms with van der Waals surface area (Å²) in [6.45, 7) is 0.966. The molecule has 0 atom stereocenters. The third kappa shape index (κ3) is 6.58. The van der Waals surface area contributed by atoms with Gasteiger partial charge in [0.1, 0.15) is 12.4 Å². The summed E-state index contributed by atoms with van der Waals surface area (Å²) < 4.78 is 4.21. The predicted octanol–water partition coefficient (Wildman–Crippen LogP) is -0.513. The van der Waals surface area contributed by atoms with Crippen LogP contribution in [0.1, 0.15) is 5.56 Å². The van der Waals surface area contributed by atoms with Gasteiger partial charge in [-0.3, -0.25) is 0 Å². The van der Waals surface area contributed by atoms with Crippen molar-refractivity contribution in [3.05, 3.63) is 78.9 Å². The standard InChI is InChI=1S/C10H12N2.C5H5.BrH.Fe/c1-11-6-7-12(9-11)8-10-4-2-3-5-10;1-2-4-5-3-1;;/h2-7,9H,8H2,1H3;1-5H;1H;/q;-1;;+2/p-1. The Labute approximate surface area is 135 Å².